The van der Waals surface area contributed by atoms with Crippen LogP contribution in [0, 0.1) is 0 Å². The second-order valence-electron chi connectivity index (χ2n) is 5.77. The van der Waals surface area contributed by atoms with Gasteiger partial charge in [-0.1, -0.05) is 6.07 Å². The van der Waals surface area contributed by atoms with E-state index in [0.29, 0.717) is 18.2 Å². The van der Waals surface area contributed by atoms with Crippen LogP contribution in [0.4, 0.5) is 0 Å². The van der Waals surface area contributed by atoms with E-state index in [1.165, 1.54) is 11.1 Å². The second kappa shape index (κ2) is 5.83. The first-order valence-electron chi connectivity index (χ1n) is 7.57. The van der Waals surface area contributed by atoms with Gasteiger partial charge >= 0.3 is 0 Å². The Bertz CT molecular complexity index is 495. The van der Waals surface area contributed by atoms with Gasteiger partial charge in [-0.15, -0.1) is 0 Å². The molecular formula is C16H22N2O2. The Hall–Kier alpha value is -1.55. The maximum absolute atomic E-state index is 12.0. The van der Waals surface area contributed by atoms with E-state index in [0.717, 1.165) is 45.3 Å². The van der Waals surface area contributed by atoms with Crippen LogP contribution >= 0.6 is 0 Å². The molecule has 1 atom stereocenters. The van der Waals surface area contributed by atoms with Crippen molar-refractivity contribution in [1.29, 1.82) is 0 Å². The lowest BCUT2D eigenvalue weighted by atomic mass is 10.1. The van der Waals surface area contributed by atoms with Gasteiger partial charge in [0.25, 0.3) is 0 Å². The van der Waals surface area contributed by atoms with Gasteiger partial charge in [0.15, 0.2) is 0 Å². The van der Waals surface area contributed by atoms with Crippen LogP contribution in [0.3, 0.4) is 0 Å². The molecule has 4 heteroatoms. The molecule has 0 saturated carbocycles. The van der Waals surface area contributed by atoms with Gasteiger partial charge in [0.2, 0.25) is 5.91 Å². The van der Waals surface area contributed by atoms with Gasteiger partial charge in [-0.25, -0.2) is 0 Å². The number of fused-ring (bicyclic) bond motifs is 1. The topological polar surface area (TPSA) is 52.6 Å². The summed E-state index contributed by atoms with van der Waals surface area (Å²) in [7, 11) is 0. The van der Waals surface area contributed by atoms with Crippen LogP contribution in [0.1, 0.15) is 42.9 Å². The molecule has 108 valence electrons. The molecule has 1 aliphatic carbocycles. The zero-order valence-corrected chi connectivity index (χ0v) is 11.8. The summed E-state index contributed by atoms with van der Waals surface area (Å²) in [6.07, 6.45) is 4.94. The lowest BCUT2D eigenvalue weighted by Crippen LogP contribution is -2.31. The van der Waals surface area contributed by atoms with Crippen molar-refractivity contribution in [2.75, 3.05) is 19.6 Å². The quantitative estimate of drug-likeness (QED) is 0.882. The minimum atomic E-state index is 0.277. The summed E-state index contributed by atoms with van der Waals surface area (Å²) in [6.45, 7) is 2.61. The number of benzene rings is 1. The van der Waals surface area contributed by atoms with E-state index >= 15 is 0 Å². The van der Waals surface area contributed by atoms with Crippen LogP contribution < -0.4 is 5.32 Å². The van der Waals surface area contributed by atoms with Crippen LogP contribution in [-0.2, 0) is 11.2 Å². The fraction of sp³-hybridized carbons (Fsp3) is 0.562. The third-order valence-electron chi connectivity index (χ3n) is 4.39. The number of amides is 1. The summed E-state index contributed by atoms with van der Waals surface area (Å²) in [5, 5.41) is 13.0. The highest BCUT2D eigenvalue weighted by Crippen LogP contribution is 2.33. The Balaban J connectivity index is 1.49. The summed E-state index contributed by atoms with van der Waals surface area (Å²) >= 11 is 0. The Morgan fingerprint density at radius 3 is 2.95 bits per heavy atom. The van der Waals surface area contributed by atoms with E-state index < -0.39 is 0 Å². The molecule has 0 aromatic heterocycles. The summed E-state index contributed by atoms with van der Waals surface area (Å²) in [4.78, 5) is 13.9. The molecule has 1 heterocycles. The number of phenols is 1. The minimum Gasteiger partial charge on any atom is -0.508 e. The molecule has 0 spiro atoms. The molecule has 1 unspecified atom stereocenters. The Kier molecular flexibility index (Phi) is 3.92. The van der Waals surface area contributed by atoms with Crippen molar-refractivity contribution in [3.63, 3.8) is 0 Å². The molecule has 1 aromatic carbocycles. The van der Waals surface area contributed by atoms with Gasteiger partial charge in [0, 0.05) is 32.1 Å². The van der Waals surface area contributed by atoms with E-state index in [1.54, 1.807) is 6.07 Å². The average Bonchev–Trinajstić information content (AvgIpc) is 3.08. The number of hydrogen-bond acceptors (Lipinski definition) is 3. The van der Waals surface area contributed by atoms with E-state index in [9.17, 15) is 9.90 Å². The highest BCUT2D eigenvalue weighted by molar-refractivity contribution is 5.76. The van der Waals surface area contributed by atoms with E-state index in [-0.39, 0.29) is 5.91 Å². The van der Waals surface area contributed by atoms with E-state index in [4.69, 9.17) is 0 Å². The van der Waals surface area contributed by atoms with Gasteiger partial charge < -0.3 is 15.3 Å². The van der Waals surface area contributed by atoms with Crippen molar-refractivity contribution >= 4 is 5.91 Å². The van der Waals surface area contributed by atoms with Crippen molar-refractivity contribution in [3.05, 3.63) is 29.3 Å². The maximum Gasteiger partial charge on any atom is 0.223 e. The number of phenolic OH excluding ortho intramolecular Hbond substituents is 1. The summed E-state index contributed by atoms with van der Waals surface area (Å²) in [5.74, 6) is 0.618. The summed E-state index contributed by atoms with van der Waals surface area (Å²) in [5.41, 5.74) is 2.50. The molecular weight excluding hydrogens is 252 g/mol. The van der Waals surface area contributed by atoms with E-state index in [1.807, 2.05) is 17.0 Å². The third-order valence-corrected chi connectivity index (χ3v) is 4.39. The number of aryl methyl sites for hydroxylation is 1. The van der Waals surface area contributed by atoms with Gasteiger partial charge in [-0.2, -0.15) is 0 Å². The Morgan fingerprint density at radius 2 is 2.15 bits per heavy atom. The molecule has 2 aliphatic rings. The molecule has 1 saturated heterocycles. The maximum atomic E-state index is 12.0. The first-order chi connectivity index (χ1) is 9.74. The molecule has 3 rings (SSSR count). The standard InChI is InChI=1S/C16H22N2O2/c19-13-4-5-14-12(11-13)3-6-15(14)17-8-7-16(20)18-9-1-2-10-18/h4-5,11,15,17,19H,1-3,6-10H2. The first kappa shape index (κ1) is 13.4. The van der Waals surface area contributed by atoms with Crippen LogP contribution in [-0.4, -0.2) is 35.5 Å². The molecule has 2 N–H and O–H groups in total. The van der Waals surface area contributed by atoms with Crippen LogP contribution in [0.15, 0.2) is 18.2 Å². The molecule has 1 fully saturated rings. The molecule has 1 aliphatic heterocycles. The zero-order chi connectivity index (χ0) is 13.9. The highest BCUT2D eigenvalue weighted by atomic mass is 16.3. The van der Waals surface area contributed by atoms with Crippen LogP contribution in [0.5, 0.6) is 5.75 Å². The SMILES string of the molecule is O=C(CCNC1CCc2cc(O)ccc21)N1CCCC1. The number of carbonyl (C=O) groups is 1. The monoisotopic (exact) mass is 274 g/mol. The molecule has 0 bridgehead atoms. The molecule has 20 heavy (non-hydrogen) atoms. The van der Waals surface area contributed by atoms with Crippen LogP contribution in [0.25, 0.3) is 0 Å². The average molecular weight is 274 g/mol. The fourth-order valence-corrected chi connectivity index (χ4v) is 3.29. The predicted octanol–water partition coefficient (Wildman–Crippen LogP) is 1.98. The Labute approximate surface area is 119 Å². The minimum absolute atomic E-state index is 0.277. The number of hydrogen-bond donors (Lipinski definition) is 2. The predicted molar refractivity (Wildman–Crippen MR) is 77.6 cm³/mol. The Morgan fingerprint density at radius 1 is 1.35 bits per heavy atom. The number of nitrogens with one attached hydrogen (secondary N) is 1. The van der Waals surface area contributed by atoms with Gasteiger partial charge in [0.05, 0.1) is 0 Å². The molecule has 4 nitrogen and oxygen atoms in total. The van der Waals surface area contributed by atoms with Gasteiger partial charge in [-0.3, -0.25) is 4.79 Å². The van der Waals surface area contributed by atoms with Gasteiger partial charge in [0.1, 0.15) is 5.75 Å². The molecule has 1 amide bonds. The van der Waals surface area contributed by atoms with Crippen molar-refractivity contribution in [2.24, 2.45) is 0 Å². The van der Waals surface area contributed by atoms with Crippen molar-refractivity contribution in [1.82, 2.24) is 10.2 Å². The molecule has 0 radical (unpaired) electrons. The largest absolute Gasteiger partial charge is 0.508 e. The van der Waals surface area contributed by atoms with E-state index in [2.05, 4.69) is 5.32 Å². The highest BCUT2D eigenvalue weighted by Gasteiger charge is 2.23. The van der Waals surface area contributed by atoms with Crippen molar-refractivity contribution in [3.8, 4) is 5.75 Å². The summed E-state index contributed by atoms with van der Waals surface area (Å²) < 4.78 is 0. The van der Waals surface area contributed by atoms with Crippen molar-refractivity contribution < 1.29 is 9.90 Å². The zero-order valence-electron chi connectivity index (χ0n) is 11.8. The second-order valence-corrected chi connectivity index (χ2v) is 5.77. The lowest BCUT2D eigenvalue weighted by Gasteiger charge is -2.17. The van der Waals surface area contributed by atoms with Gasteiger partial charge in [-0.05, 0) is 48.9 Å². The normalized spacial score (nSPS) is 21.2. The smallest absolute Gasteiger partial charge is 0.223 e. The first-order valence-corrected chi connectivity index (χ1v) is 7.57. The number of aromatic hydroxyl groups is 1. The van der Waals surface area contributed by atoms with Crippen LogP contribution in [0.2, 0.25) is 0 Å². The van der Waals surface area contributed by atoms with Crippen molar-refractivity contribution in [2.45, 2.75) is 38.1 Å². The lowest BCUT2D eigenvalue weighted by molar-refractivity contribution is -0.130. The number of rotatable bonds is 4. The number of likely N-dealkylation sites (tertiary alicyclic amines) is 1. The third kappa shape index (κ3) is 2.80. The summed E-state index contributed by atoms with van der Waals surface area (Å²) in [6, 6.07) is 5.93. The molecule has 1 aromatic rings. The number of nitrogens with zero attached hydrogens (tertiary/aromatic N) is 1. The fourth-order valence-electron chi connectivity index (χ4n) is 3.29. The number of carbonyl (C=O) groups excluding carboxylic acids is 1.